The molecule has 0 saturated heterocycles. The molecule has 0 bridgehead atoms. The molecule has 0 saturated carbocycles. The van der Waals surface area contributed by atoms with Gasteiger partial charge in [0, 0.05) is 13.0 Å². The zero-order chi connectivity index (χ0) is 25.5. The van der Waals surface area contributed by atoms with Crippen LogP contribution < -0.4 is 15.9 Å². The van der Waals surface area contributed by atoms with Gasteiger partial charge in [-0.05, 0) is 35.6 Å². The first-order chi connectivity index (χ1) is 17.7. The SMILES string of the molecule is N#CC(C(=O)CCCCCCCCCCCO)=P(c1ccccc1)(c1ccccc1)c1ccccc1. The number of aliphatic hydroxyl groups excluding tert-OH is 1. The number of nitrogens with zero attached hydrogens (tertiary/aromatic N) is 1. The van der Waals surface area contributed by atoms with Crippen molar-refractivity contribution in [1.82, 2.24) is 0 Å². The van der Waals surface area contributed by atoms with Gasteiger partial charge in [0.15, 0.2) is 5.78 Å². The fourth-order valence-corrected chi connectivity index (χ4v) is 9.03. The van der Waals surface area contributed by atoms with Crippen molar-refractivity contribution in [3.05, 3.63) is 91.0 Å². The van der Waals surface area contributed by atoms with Gasteiger partial charge in [-0.15, -0.1) is 0 Å². The Morgan fingerprint density at radius 2 is 0.972 bits per heavy atom. The maximum absolute atomic E-state index is 13.7. The average Bonchev–Trinajstić information content (AvgIpc) is 2.94. The predicted molar refractivity (Wildman–Crippen MR) is 154 cm³/mol. The van der Waals surface area contributed by atoms with Crippen LogP contribution in [0.25, 0.3) is 0 Å². The van der Waals surface area contributed by atoms with Gasteiger partial charge in [-0.25, -0.2) is 0 Å². The normalized spacial score (nSPS) is 11.1. The summed E-state index contributed by atoms with van der Waals surface area (Å²) in [6.45, 7) is -2.32. The zero-order valence-electron chi connectivity index (χ0n) is 21.2. The number of carbonyl (C=O) groups is 1. The first-order valence-electron chi connectivity index (χ1n) is 13.2. The molecular formula is C32H38NO2P. The van der Waals surface area contributed by atoms with Crippen LogP contribution in [0.1, 0.15) is 64.2 Å². The molecule has 3 rings (SSSR count). The van der Waals surface area contributed by atoms with Crippen LogP contribution in [-0.2, 0) is 4.79 Å². The van der Waals surface area contributed by atoms with Crippen molar-refractivity contribution < 1.29 is 9.90 Å². The van der Waals surface area contributed by atoms with Gasteiger partial charge in [0.05, 0.1) is 0 Å². The first-order valence-corrected chi connectivity index (χ1v) is 15.0. The van der Waals surface area contributed by atoms with E-state index in [1.54, 1.807) is 0 Å². The zero-order valence-corrected chi connectivity index (χ0v) is 22.1. The Balaban J connectivity index is 1.87. The molecule has 188 valence electrons. The van der Waals surface area contributed by atoms with Crippen LogP contribution in [0, 0.1) is 11.3 Å². The molecule has 0 heterocycles. The number of hydrogen-bond acceptors (Lipinski definition) is 3. The highest BCUT2D eigenvalue weighted by Gasteiger charge is 2.32. The number of ketones is 1. The number of nitriles is 1. The third-order valence-electron chi connectivity index (χ3n) is 6.70. The summed E-state index contributed by atoms with van der Waals surface area (Å²) in [6, 6.07) is 32.8. The van der Waals surface area contributed by atoms with Crippen LogP contribution in [0.4, 0.5) is 0 Å². The van der Waals surface area contributed by atoms with Gasteiger partial charge in [0.2, 0.25) is 0 Å². The lowest BCUT2D eigenvalue weighted by Gasteiger charge is -2.30. The van der Waals surface area contributed by atoms with Crippen molar-refractivity contribution in [3.63, 3.8) is 0 Å². The quantitative estimate of drug-likeness (QED) is 0.202. The average molecular weight is 500 g/mol. The van der Waals surface area contributed by atoms with Crippen molar-refractivity contribution in [3.8, 4) is 6.07 Å². The molecular weight excluding hydrogens is 461 g/mol. The minimum Gasteiger partial charge on any atom is -0.396 e. The van der Waals surface area contributed by atoms with E-state index in [-0.39, 0.29) is 12.4 Å². The number of unbranched alkanes of at least 4 members (excludes halogenated alkanes) is 8. The topological polar surface area (TPSA) is 61.1 Å². The highest BCUT2D eigenvalue weighted by molar-refractivity contribution is 7.96. The van der Waals surface area contributed by atoms with E-state index < -0.39 is 6.89 Å². The second kappa shape index (κ2) is 15.2. The Morgan fingerprint density at radius 1 is 0.611 bits per heavy atom. The molecule has 0 aliphatic carbocycles. The minimum atomic E-state index is -2.61. The fourth-order valence-electron chi connectivity index (χ4n) is 4.87. The number of Topliss-reactive ketones (excluding diaryl/α,β-unsaturated/α-hetero) is 1. The van der Waals surface area contributed by atoms with Crippen LogP contribution in [0.3, 0.4) is 0 Å². The Bertz CT molecular complexity index is 1050. The number of rotatable bonds is 15. The van der Waals surface area contributed by atoms with Crippen molar-refractivity contribution in [2.45, 2.75) is 64.2 Å². The standard InChI is InChI=1S/C32H38NO2P/c33-27-32(31(35)25-17-6-4-2-1-3-5-7-18-26-34)36(28-19-11-8-12-20-28,29-21-13-9-14-22-29)30-23-15-10-16-24-30/h8-16,19-24,34H,1-7,17-18,25-26H2. The van der Waals surface area contributed by atoms with E-state index >= 15 is 0 Å². The second-order valence-electron chi connectivity index (χ2n) is 9.22. The second-order valence-corrected chi connectivity index (χ2v) is 12.6. The lowest BCUT2D eigenvalue weighted by molar-refractivity contribution is -0.112. The summed E-state index contributed by atoms with van der Waals surface area (Å²) in [5.41, 5.74) is 0. The monoisotopic (exact) mass is 499 g/mol. The maximum Gasteiger partial charge on any atom is 0.174 e. The summed E-state index contributed by atoms with van der Waals surface area (Å²) in [5, 5.41) is 22.9. The molecule has 1 N–H and O–H groups in total. The summed E-state index contributed by atoms with van der Waals surface area (Å²) in [7, 11) is 0. The third-order valence-corrected chi connectivity index (χ3v) is 10.9. The molecule has 4 heteroatoms. The van der Waals surface area contributed by atoms with E-state index in [0.29, 0.717) is 11.7 Å². The molecule has 0 aliphatic rings. The Morgan fingerprint density at radius 3 is 1.33 bits per heavy atom. The number of carbonyl (C=O) groups excluding carboxylic acids is 1. The van der Waals surface area contributed by atoms with Gasteiger partial charge in [-0.2, -0.15) is 5.26 Å². The van der Waals surface area contributed by atoms with E-state index in [4.69, 9.17) is 5.11 Å². The van der Waals surface area contributed by atoms with Gasteiger partial charge in [0.25, 0.3) is 0 Å². The number of hydrogen-bond donors (Lipinski definition) is 1. The predicted octanol–water partition coefficient (Wildman–Crippen LogP) is 6.14. The minimum absolute atomic E-state index is 0.0219. The molecule has 0 aliphatic heterocycles. The summed E-state index contributed by atoms with van der Waals surface area (Å²) >= 11 is 0. The Kier molecular flexibility index (Phi) is 11.7. The van der Waals surface area contributed by atoms with Crippen LogP contribution in [-0.4, -0.2) is 22.8 Å². The van der Waals surface area contributed by atoms with Crippen LogP contribution in [0.15, 0.2) is 91.0 Å². The van der Waals surface area contributed by atoms with E-state index in [0.717, 1.165) is 48.0 Å². The molecule has 0 fully saturated rings. The number of benzene rings is 3. The fraction of sp³-hybridized carbons (Fsp3) is 0.344. The summed E-state index contributed by atoms with van der Waals surface area (Å²) in [4.78, 5) is 13.7. The molecule has 3 aromatic carbocycles. The van der Waals surface area contributed by atoms with Crippen LogP contribution in [0.2, 0.25) is 0 Å². The van der Waals surface area contributed by atoms with Crippen LogP contribution in [0.5, 0.6) is 0 Å². The molecule has 0 aromatic heterocycles. The van der Waals surface area contributed by atoms with Crippen molar-refractivity contribution in [2.24, 2.45) is 0 Å². The van der Waals surface area contributed by atoms with E-state index in [1.807, 2.05) is 54.6 Å². The van der Waals surface area contributed by atoms with Crippen molar-refractivity contribution >= 4 is 33.9 Å². The number of aliphatic hydroxyl groups is 1. The molecule has 0 amide bonds. The summed E-state index contributed by atoms with van der Waals surface area (Å²) < 4.78 is 0. The van der Waals surface area contributed by atoms with Gasteiger partial charge in [-0.1, -0.05) is 136 Å². The third kappa shape index (κ3) is 7.07. The van der Waals surface area contributed by atoms with Crippen molar-refractivity contribution in [1.29, 1.82) is 5.26 Å². The first kappa shape index (κ1) is 27.7. The van der Waals surface area contributed by atoms with Crippen molar-refractivity contribution in [2.75, 3.05) is 6.61 Å². The van der Waals surface area contributed by atoms with E-state index in [9.17, 15) is 10.1 Å². The Labute approximate surface area is 216 Å². The summed E-state index contributed by atoms with van der Waals surface area (Å²) in [5.74, 6) is -0.0219. The van der Waals surface area contributed by atoms with Crippen LogP contribution >= 0.6 is 6.89 Å². The maximum atomic E-state index is 13.7. The lowest BCUT2D eigenvalue weighted by Crippen LogP contribution is -2.33. The van der Waals surface area contributed by atoms with Gasteiger partial charge >= 0.3 is 0 Å². The molecule has 3 nitrogen and oxygen atoms in total. The summed E-state index contributed by atoms with van der Waals surface area (Å²) in [6.07, 6.45) is 10.1. The molecule has 0 radical (unpaired) electrons. The highest BCUT2D eigenvalue weighted by atomic mass is 31.2. The van der Waals surface area contributed by atoms with Gasteiger partial charge in [-0.3, -0.25) is 4.79 Å². The molecule has 0 unspecified atom stereocenters. The highest BCUT2D eigenvalue weighted by Crippen LogP contribution is 2.46. The molecule has 3 aromatic rings. The molecule has 36 heavy (non-hydrogen) atoms. The van der Waals surface area contributed by atoms with E-state index in [2.05, 4.69) is 42.5 Å². The molecule has 0 atom stereocenters. The lowest BCUT2D eigenvalue weighted by atomic mass is 10.0. The van der Waals surface area contributed by atoms with E-state index in [1.165, 1.54) is 25.7 Å². The Hall–Kier alpha value is -2.92. The molecule has 0 spiro atoms. The largest absolute Gasteiger partial charge is 0.396 e. The van der Waals surface area contributed by atoms with Gasteiger partial charge in [0.1, 0.15) is 11.4 Å². The van der Waals surface area contributed by atoms with Gasteiger partial charge < -0.3 is 5.11 Å². The smallest absolute Gasteiger partial charge is 0.174 e.